The van der Waals surface area contributed by atoms with Gasteiger partial charge < -0.3 is 15.4 Å². The van der Waals surface area contributed by atoms with Crippen molar-refractivity contribution in [3.05, 3.63) is 65.2 Å². The number of carbonyl (C=O) groups is 2. The van der Waals surface area contributed by atoms with E-state index in [-0.39, 0.29) is 30.2 Å². The van der Waals surface area contributed by atoms with Gasteiger partial charge >= 0.3 is 6.61 Å². The molecular formula is C19H20F2N2O3. The maximum Gasteiger partial charge on any atom is 0.387 e. The zero-order valence-electron chi connectivity index (χ0n) is 14.5. The van der Waals surface area contributed by atoms with Crippen LogP contribution in [0, 0.1) is 6.92 Å². The van der Waals surface area contributed by atoms with E-state index in [1.54, 1.807) is 31.2 Å². The van der Waals surface area contributed by atoms with Gasteiger partial charge in [0.25, 0.3) is 5.91 Å². The molecule has 2 aromatic carbocycles. The summed E-state index contributed by atoms with van der Waals surface area (Å²) in [4.78, 5) is 24.1. The lowest BCUT2D eigenvalue weighted by Crippen LogP contribution is -2.38. The molecule has 2 amide bonds. The van der Waals surface area contributed by atoms with E-state index in [1.165, 1.54) is 12.1 Å². The Balaban J connectivity index is 1.85. The topological polar surface area (TPSA) is 67.4 Å². The summed E-state index contributed by atoms with van der Waals surface area (Å²) in [6.45, 7) is 0.530. The van der Waals surface area contributed by atoms with Crippen molar-refractivity contribution in [2.75, 3.05) is 6.54 Å². The molecule has 0 heterocycles. The van der Waals surface area contributed by atoms with Gasteiger partial charge in [0.1, 0.15) is 5.75 Å². The summed E-state index contributed by atoms with van der Waals surface area (Å²) in [7, 11) is 0. The number of halogens is 2. The summed E-state index contributed by atoms with van der Waals surface area (Å²) in [5, 5.41) is 5.31. The monoisotopic (exact) mass is 362 g/mol. The molecule has 0 aliphatic rings. The Kier molecular flexibility index (Phi) is 6.66. The lowest BCUT2D eigenvalue weighted by molar-refractivity contribution is -0.120. The van der Waals surface area contributed by atoms with Crippen LogP contribution in [0.15, 0.2) is 48.5 Å². The van der Waals surface area contributed by atoms with Crippen LogP contribution in [0.2, 0.25) is 0 Å². The summed E-state index contributed by atoms with van der Waals surface area (Å²) in [6, 6.07) is 12.7. The number of nitrogens with one attached hydrogen (secondary N) is 2. The normalized spacial score (nSPS) is 11.7. The Bertz CT molecular complexity index is 764. The molecule has 0 fully saturated rings. The van der Waals surface area contributed by atoms with Gasteiger partial charge in [0, 0.05) is 5.56 Å². The molecule has 0 aliphatic heterocycles. The number of hydrogen-bond donors (Lipinski definition) is 2. The Hall–Kier alpha value is -2.96. The largest absolute Gasteiger partial charge is 0.435 e. The van der Waals surface area contributed by atoms with Crippen LogP contribution in [-0.4, -0.2) is 25.0 Å². The summed E-state index contributed by atoms with van der Waals surface area (Å²) >= 11 is 0. The number of alkyl halides is 2. The molecular weight excluding hydrogens is 342 g/mol. The highest BCUT2D eigenvalue weighted by atomic mass is 19.3. The van der Waals surface area contributed by atoms with Crippen molar-refractivity contribution in [1.82, 2.24) is 10.6 Å². The Morgan fingerprint density at radius 3 is 2.35 bits per heavy atom. The first-order valence-electron chi connectivity index (χ1n) is 8.05. The predicted molar refractivity (Wildman–Crippen MR) is 93.1 cm³/mol. The van der Waals surface area contributed by atoms with Crippen LogP contribution < -0.4 is 15.4 Å². The third-order valence-corrected chi connectivity index (χ3v) is 3.78. The molecule has 0 aromatic heterocycles. The van der Waals surface area contributed by atoms with Crippen LogP contribution in [0.1, 0.15) is 34.5 Å². The molecule has 26 heavy (non-hydrogen) atoms. The molecule has 1 unspecified atom stereocenters. The van der Waals surface area contributed by atoms with E-state index in [1.807, 2.05) is 19.1 Å². The Morgan fingerprint density at radius 2 is 1.73 bits per heavy atom. The van der Waals surface area contributed by atoms with Gasteiger partial charge in [0.05, 0.1) is 12.6 Å². The highest BCUT2D eigenvalue weighted by Crippen LogP contribution is 2.19. The molecule has 0 radical (unpaired) electrons. The van der Waals surface area contributed by atoms with Crippen molar-refractivity contribution < 1.29 is 23.1 Å². The average molecular weight is 362 g/mol. The number of ether oxygens (including phenoxy) is 1. The van der Waals surface area contributed by atoms with Crippen LogP contribution in [-0.2, 0) is 4.79 Å². The third kappa shape index (κ3) is 5.54. The molecule has 7 heteroatoms. The smallest absolute Gasteiger partial charge is 0.387 e. The van der Waals surface area contributed by atoms with Crippen LogP contribution >= 0.6 is 0 Å². The molecule has 0 saturated carbocycles. The first-order chi connectivity index (χ1) is 12.4. The fourth-order valence-electron chi connectivity index (χ4n) is 2.40. The second-order valence-corrected chi connectivity index (χ2v) is 5.73. The second-order valence-electron chi connectivity index (χ2n) is 5.73. The molecule has 0 aliphatic carbocycles. The van der Waals surface area contributed by atoms with Crippen LogP contribution in [0.3, 0.4) is 0 Å². The van der Waals surface area contributed by atoms with E-state index in [9.17, 15) is 18.4 Å². The second kappa shape index (κ2) is 8.94. The maximum absolute atomic E-state index is 12.1. The lowest BCUT2D eigenvalue weighted by Gasteiger charge is -2.15. The quantitative estimate of drug-likeness (QED) is 0.795. The van der Waals surface area contributed by atoms with Crippen LogP contribution in [0.5, 0.6) is 5.75 Å². The van der Waals surface area contributed by atoms with Crippen molar-refractivity contribution >= 4 is 11.8 Å². The van der Waals surface area contributed by atoms with E-state index in [0.717, 1.165) is 11.1 Å². The van der Waals surface area contributed by atoms with Crippen molar-refractivity contribution in [3.63, 3.8) is 0 Å². The minimum atomic E-state index is -2.88. The SMILES string of the molecule is Cc1ccccc1C(=O)NCC(=O)NC(C)c1ccc(OC(F)F)cc1. The van der Waals surface area contributed by atoms with Gasteiger partial charge in [0.2, 0.25) is 5.91 Å². The van der Waals surface area contributed by atoms with Gasteiger partial charge in [-0.1, -0.05) is 30.3 Å². The minimum Gasteiger partial charge on any atom is -0.435 e. The van der Waals surface area contributed by atoms with Crippen LogP contribution in [0.25, 0.3) is 0 Å². The maximum atomic E-state index is 12.1. The predicted octanol–water partition coefficient (Wildman–Crippen LogP) is 3.20. The molecule has 1 atom stereocenters. The molecule has 0 saturated heterocycles. The summed E-state index contributed by atoms with van der Waals surface area (Å²) < 4.78 is 28.5. The van der Waals surface area contributed by atoms with E-state index in [4.69, 9.17) is 0 Å². The third-order valence-electron chi connectivity index (χ3n) is 3.78. The van der Waals surface area contributed by atoms with Gasteiger partial charge in [-0.25, -0.2) is 0 Å². The van der Waals surface area contributed by atoms with E-state index >= 15 is 0 Å². The average Bonchev–Trinajstić information content (AvgIpc) is 2.60. The van der Waals surface area contributed by atoms with Gasteiger partial charge in [-0.15, -0.1) is 0 Å². The van der Waals surface area contributed by atoms with Crippen molar-refractivity contribution in [1.29, 1.82) is 0 Å². The fraction of sp³-hybridized carbons (Fsp3) is 0.263. The molecule has 5 nitrogen and oxygen atoms in total. The number of hydrogen-bond acceptors (Lipinski definition) is 3. The van der Waals surface area contributed by atoms with Crippen molar-refractivity contribution in [2.45, 2.75) is 26.5 Å². The highest BCUT2D eigenvalue weighted by Gasteiger charge is 2.13. The van der Waals surface area contributed by atoms with E-state index in [2.05, 4.69) is 15.4 Å². The zero-order valence-corrected chi connectivity index (χ0v) is 14.5. The van der Waals surface area contributed by atoms with Crippen molar-refractivity contribution in [3.8, 4) is 5.75 Å². The standard InChI is InChI=1S/C19H20F2N2O3/c1-12-5-3-4-6-16(12)18(25)22-11-17(24)23-13(2)14-7-9-15(10-8-14)26-19(20)21/h3-10,13,19H,11H2,1-2H3,(H,22,25)(H,23,24). The van der Waals surface area contributed by atoms with Gasteiger partial charge in [0.15, 0.2) is 0 Å². The van der Waals surface area contributed by atoms with Gasteiger partial charge in [-0.3, -0.25) is 9.59 Å². The molecule has 2 rings (SSSR count). The highest BCUT2D eigenvalue weighted by molar-refractivity contribution is 5.97. The molecule has 138 valence electrons. The van der Waals surface area contributed by atoms with Gasteiger partial charge in [-0.05, 0) is 43.2 Å². The first-order valence-corrected chi connectivity index (χ1v) is 8.05. The molecule has 2 aromatic rings. The van der Waals surface area contributed by atoms with Crippen LogP contribution in [0.4, 0.5) is 8.78 Å². The fourth-order valence-corrected chi connectivity index (χ4v) is 2.40. The summed E-state index contributed by atoms with van der Waals surface area (Å²) in [5.41, 5.74) is 2.07. The zero-order chi connectivity index (χ0) is 19.1. The number of rotatable bonds is 7. The van der Waals surface area contributed by atoms with Crippen molar-refractivity contribution in [2.24, 2.45) is 0 Å². The summed E-state index contributed by atoms with van der Waals surface area (Å²) in [5.74, 6) is -0.625. The molecule has 2 N–H and O–H groups in total. The van der Waals surface area contributed by atoms with E-state index in [0.29, 0.717) is 5.56 Å². The number of amides is 2. The Labute approximate surface area is 150 Å². The number of carbonyl (C=O) groups excluding carboxylic acids is 2. The first kappa shape index (κ1) is 19.4. The summed E-state index contributed by atoms with van der Waals surface area (Å²) in [6.07, 6.45) is 0. The number of aryl methyl sites for hydroxylation is 1. The Morgan fingerprint density at radius 1 is 1.08 bits per heavy atom. The minimum absolute atomic E-state index is 0.0489. The number of benzene rings is 2. The molecule has 0 spiro atoms. The molecule has 0 bridgehead atoms. The lowest BCUT2D eigenvalue weighted by atomic mass is 10.1. The van der Waals surface area contributed by atoms with Gasteiger partial charge in [-0.2, -0.15) is 8.78 Å². The van der Waals surface area contributed by atoms with E-state index < -0.39 is 6.61 Å².